The fraction of sp³-hybridized carbons (Fsp3) is 0.273. The van der Waals surface area contributed by atoms with Crippen molar-refractivity contribution in [1.29, 1.82) is 0 Å². The molecule has 0 aliphatic rings. The average Bonchev–Trinajstić information content (AvgIpc) is 2.51. The molecule has 0 saturated heterocycles. The molecular formula is C11H11BrO. The molecule has 1 aromatic carbocycles. The zero-order valence-electron chi connectivity index (χ0n) is 7.67. The minimum Gasteiger partial charge on any atom is -0.463 e. The number of rotatable bonds is 1. The Labute approximate surface area is 85.9 Å². The summed E-state index contributed by atoms with van der Waals surface area (Å²) in [5, 5.41) is 1.16. The highest BCUT2D eigenvalue weighted by Gasteiger charge is 2.06. The summed E-state index contributed by atoms with van der Waals surface area (Å²) in [6.07, 6.45) is 1.72. The number of halogens is 1. The standard InChI is InChI=1S/C11H11BrO/c1-7(2)9-5-8-3-4-13-11(8)10(12)6-9/h3-7H,1-2H3. The number of hydrogen-bond donors (Lipinski definition) is 0. The van der Waals surface area contributed by atoms with Gasteiger partial charge < -0.3 is 4.42 Å². The van der Waals surface area contributed by atoms with Crippen LogP contribution in [0.1, 0.15) is 25.3 Å². The molecule has 0 bridgehead atoms. The third-order valence-electron chi connectivity index (χ3n) is 2.19. The van der Waals surface area contributed by atoms with Crippen LogP contribution >= 0.6 is 15.9 Å². The van der Waals surface area contributed by atoms with Gasteiger partial charge in [-0.15, -0.1) is 0 Å². The molecule has 1 nitrogen and oxygen atoms in total. The molecule has 0 radical (unpaired) electrons. The van der Waals surface area contributed by atoms with Crippen molar-refractivity contribution in [2.75, 3.05) is 0 Å². The maximum absolute atomic E-state index is 5.34. The molecule has 2 heteroatoms. The molecule has 0 amide bonds. The summed E-state index contributed by atoms with van der Waals surface area (Å²) in [5.41, 5.74) is 2.27. The largest absolute Gasteiger partial charge is 0.463 e. The molecule has 0 spiro atoms. The van der Waals surface area contributed by atoms with E-state index in [1.165, 1.54) is 5.56 Å². The predicted octanol–water partition coefficient (Wildman–Crippen LogP) is 4.32. The Balaban J connectivity index is 2.70. The molecule has 1 aromatic heterocycles. The van der Waals surface area contributed by atoms with Gasteiger partial charge in [0.25, 0.3) is 0 Å². The minimum atomic E-state index is 0.551. The highest BCUT2D eigenvalue weighted by atomic mass is 79.9. The Morgan fingerprint density at radius 3 is 2.77 bits per heavy atom. The monoisotopic (exact) mass is 238 g/mol. The van der Waals surface area contributed by atoms with Crippen molar-refractivity contribution in [2.24, 2.45) is 0 Å². The Morgan fingerprint density at radius 2 is 2.08 bits per heavy atom. The summed E-state index contributed by atoms with van der Waals surface area (Å²) in [6.45, 7) is 4.38. The van der Waals surface area contributed by atoms with Gasteiger partial charge in [-0.3, -0.25) is 0 Å². The number of hydrogen-bond acceptors (Lipinski definition) is 1. The van der Waals surface area contributed by atoms with E-state index >= 15 is 0 Å². The first kappa shape index (κ1) is 8.82. The zero-order valence-corrected chi connectivity index (χ0v) is 9.26. The SMILES string of the molecule is CC(C)c1cc(Br)c2occc2c1. The normalized spacial score (nSPS) is 11.4. The second-order valence-electron chi connectivity index (χ2n) is 3.50. The van der Waals surface area contributed by atoms with Gasteiger partial charge in [0.2, 0.25) is 0 Å². The van der Waals surface area contributed by atoms with Crippen LogP contribution in [-0.2, 0) is 0 Å². The van der Waals surface area contributed by atoms with Crippen LogP contribution < -0.4 is 0 Å². The van der Waals surface area contributed by atoms with E-state index < -0.39 is 0 Å². The summed E-state index contributed by atoms with van der Waals surface area (Å²) < 4.78 is 6.38. The summed E-state index contributed by atoms with van der Waals surface area (Å²) in [5.74, 6) is 0.551. The molecular weight excluding hydrogens is 228 g/mol. The zero-order chi connectivity index (χ0) is 9.42. The number of furan rings is 1. The van der Waals surface area contributed by atoms with Crippen LogP contribution in [0.3, 0.4) is 0 Å². The van der Waals surface area contributed by atoms with Gasteiger partial charge in [-0.05, 0) is 45.6 Å². The Hall–Kier alpha value is -0.760. The van der Waals surface area contributed by atoms with Gasteiger partial charge in [0.15, 0.2) is 0 Å². The number of benzene rings is 1. The summed E-state index contributed by atoms with van der Waals surface area (Å²) >= 11 is 3.50. The smallest absolute Gasteiger partial charge is 0.148 e. The Bertz CT molecular complexity index is 429. The molecule has 13 heavy (non-hydrogen) atoms. The van der Waals surface area contributed by atoms with Crippen LogP contribution in [-0.4, -0.2) is 0 Å². The topological polar surface area (TPSA) is 13.1 Å². The van der Waals surface area contributed by atoms with Gasteiger partial charge in [-0.2, -0.15) is 0 Å². The molecule has 0 unspecified atom stereocenters. The quantitative estimate of drug-likeness (QED) is 0.722. The molecule has 0 atom stereocenters. The van der Waals surface area contributed by atoms with E-state index in [0.717, 1.165) is 15.4 Å². The van der Waals surface area contributed by atoms with Crippen molar-refractivity contribution in [3.05, 3.63) is 34.5 Å². The molecule has 0 N–H and O–H groups in total. The third-order valence-corrected chi connectivity index (χ3v) is 2.78. The third kappa shape index (κ3) is 1.51. The van der Waals surface area contributed by atoms with Crippen LogP contribution in [0.5, 0.6) is 0 Å². The summed E-state index contributed by atoms with van der Waals surface area (Å²) in [4.78, 5) is 0. The lowest BCUT2D eigenvalue weighted by atomic mass is 10.0. The van der Waals surface area contributed by atoms with E-state index in [1.807, 2.05) is 6.07 Å². The van der Waals surface area contributed by atoms with E-state index in [-0.39, 0.29) is 0 Å². The molecule has 1 heterocycles. The fourth-order valence-corrected chi connectivity index (χ4v) is 1.98. The highest BCUT2D eigenvalue weighted by Crippen LogP contribution is 2.29. The van der Waals surface area contributed by atoms with Crippen LogP contribution in [0.2, 0.25) is 0 Å². The van der Waals surface area contributed by atoms with Gasteiger partial charge in [-0.1, -0.05) is 13.8 Å². The maximum atomic E-state index is 5.34. The van der Waals surface area contributed by atoms with Crippen LogP contribution in [0.4, 0.5) is 0 Å². The number of fused-ring (bicyclic) bond motifs is 1. The lowest BCUT2D eigenvalue weighted by Crippen LogP contribution is -1.86. The van der Waals surface area contributed by atoms with E-state index in [9.17, 15) is 0 Å². The second kappa shape index (κ2) is 3.18. The molecule has 0 fully saturated rings. The van der Waals surface area contributed by atoms with Crippen molar-refractivity contribution >= 4 is 26.9 Å². The second-order valence-corrected chi connectivity index (χ2v) is 4.35. The predicted molar refractivity (Wildman–Crippen MR) is 58.0 cm³/mol. The van der Waals surface area contributed by atoms with Gasteiger partial charge >= 0.3 is 0 Å². The van der Waals surface area contributed by atoms with Crippen molar-refractivity contribution in [3.8, 4) is 0 Å². The van der Waals surface area contributed by atoms with E-state index in [4.69, 9.17) is 4.42 Å². The average molecular weight is 239 g/mol. The molecule has 2 aromatic rings. The Kier molecular flexibility index (Phi) is 2.16. The first-order valence-electron chi connectivity index (χ1n) is 4.35. The van der Waals surface area contributed by atoms with Crippen LogP contribution in [0, 0.1) is 0 Å². The first-order chi connectivity index (χ1) is 6.18. The maximum Gasteiger partial charge on any atom is 0.148 e. The lowest BCUT2D eigenvalue weighted by Gasteiger charge is -2.05. The van der Waals surface area contributed by atoms with Gasteiger partial charge in [0, 0.05) is 5.39 Å². The van der Waals surface area contributed by atoms with Crippen LogP contribution in [0.25, 0.3) is 11.0 Å². The van der Waals surface area contributed by atoms with Crippen molar-refractivity contribution < 1.29 is 4.42 Å². The van der Waals surface area contributed by atoms with Crippen molar-refractivity contribution in [3.63, 3.8) is 0 Å². The van der Waals surface area contributed by atoms with Gasteiger partial charge in [0.1, 0.15) is 5.58 Å². The molecule has 0 saturated carbocycles. The molecule has 0 aliphatic carbocycles. The minimum absolute atomic E-state index is 0.551. The van der Waals surface area contributed by atoms with Gasteiger partial charge in [0.05, 0.1) is 10.7 Å². The van der Waals surface area contributed by atoms with Crippen molar-refractivity contribution in [1.82, 2.24) is 0 Å². The van der Waals surface area contributed by atoms with E-state index in [0.29, 0.717) is 5.92 Å². The molecule has 68 valence electrons. The summed E-state index contributed by atoms with van der Waals surface area (Å²) in [6, 6.07) is 6.29. The van der Waals surface area contributed by atoms with E-state index in [1.54, 1.807) is 6.26 Å². The Morgan fingerprint density at radius 1 is 1.31 bits per heavy atom. The van der Waals surface area contributed by atoms with Gasteiger partial charge in [-0.25, -0.2) is 0 Å². The molecule has 0 aliphatic heterocycles. The van der Waals surface area contributed by atoms with Crippen LogP contribution in [0.15, 0.2) is 33.4 Å². The highest BCUT2D eigenvalue weighted by molar-refractivity contribution is 9.10. The first-order valence-corrected chi connectivity index (χ1v) is 5.14. The van der Waals surface area contributed by atoms with Crippen molar-refractivity contribution in [2.45, 2.75) is 19.8 Å². The lowest BCUT2D eigenvalue weighted by molar-refractivity contribution is 0.614. The fourth-order valence-electron chi connectivity index (χ4n) is 1.39. The summed E-state index contributed by atoms with van der Waals surface area (Å²) in [7, 11) is 0. The molecule has 2 rings (SSSR count). The van der Waals surface area contributed by atoms with E-state index in [2.05, 4.69) is 41.9 Å².